The fourth-order valence-corrected chi connectivity index (χ4v) is 0.780. The number of nitrogens with one attached hydrogen (secondary N) is 1. The summed E-state index contributed by atoms with van der Waals surface area (Å²) in [5.74, 6) is 0. The van der Waals surface area contributed by atoms with Gasteiger partial charge in [-0.15, -0.1) is 0 Å². The van der Waals surface area contributed by atoms with Crippen molar-refractivity contribution in [1.29, 1.82) is 0 Å². The van der Waals surface area contributed by atoms with Gasteiger partial charge in [0, 0.05) is 12.7 Å². The van der Waals surface area contributed by atoms with Crippen LogP contribution in [0.2, 0.25) is 0 Å². The first-order valence-electron chi connectivity index (χ1n) is 3.35. The van der Waals surface area contributed by atoms with Crippen molar-refractivity contribution in [1.82, 2.24) is 4.98 Å². The van der Waals surface area contributed by atoms with Crippen LogP contribution in [0.25, 0.3) is 0 Å². The molecule has 1 aromatic heterocycles. The number of pyridine rings is 1. The largest absolute Gasteiger partial charge is 0.387 e. The van der Waals surface area contributed by atoms with Gasteiger partial charge in [0.25, 0.3) is 0 Å². The second-order valence-corrected chi connectivity index (χ2v) is 2.38. The highest BCUT2D eigenvalue weighted by Gasteiger charge is 1.93. The number of anilines is 1. The molecule has 2 nitrogen and oxygen atoms in total. The highest BCUT2D eigenvalue weighted by molar-refractivity contribution is 5.43. The monoisotopic (exact) mass is 136 g/mol. The molecule has 2 heteroatoms. The second-order valence-electron chi connectivity index (χ2n) is 2.38. The predicted molar refractivity (Wildman–Crippen MR) is 43.3 cm³/mol. The van der Waals surface area contributed by atoms with Crippen LogP contribution >= 0.6 is 0 Å². The molecule has 1 aromatic rings. The van der Waals surface area contributed by atoms with Gasteiger partial charge in [0.2, 0.25) is 0 Å². The molecule has 0 unspecified atom stereocenters. The van der Waals surface area contributed by atoms with Crippen LogP contribution in [0.15, 0.2) is 12.3 Å². The summed E-state index contributed by atoms with van der Waals surface area (Å²) in [4.78, 5) is 4.19. The molecule has 0 aliphatic heterocycles. The Kier molecular flexibility index (Phi) is 1.90. The lowest BCUT2D eigenvalue weighted by molar-refractivity contribution is 1.15. The number of nitrogens with zero attached hydrogens (tertiary/aromatic N) is 1. The molecule has 0 aromatic carbocycles. The van der Waals surface area contributed by atoms with Crippen LogP contribution in [-0.4, -0.2) is 12.0 Å². The van der Waals surface area contributed by atoms with Crippen molar-refractivity contribution in [2.24, 2.45) is 0 Å². The Hall–Kier alpha value is -1.05. The van der Waals surface area contributed by atoms with E-state index in [1.165, 1.54) is 5.56 Å². The Balaban J connectivity index is 3.04. The van der Waals surface area contributed by atoms with Gasteiger partial charge in [-0.25, -0.2) is 0 Å². The first-order valence-corrected chi connectivity index (χ1v) is 3.35. The maximum absolute atomic E-state index is 4.19. The van der Waals surface area contributed by atoms with Crippen molar-refractivity contribution in [2.45, 2.75) is 13.8 Å². The molecular formula is C8H12N2. The van der Waals surface area contributed by atoms with Gasteiger partial charge >= 0.3 is 0 Å². The third-order valence-corrected chi connectivity index (χ3v) is 1.63. The molecular weight excluding hydrogens is 124 g/mol. The van der Waals surface area contributed by atoms with Gasteiger partial charge in [0.15, 0.2) is 0 Å². The summed E-state index contributed by atoms with van der Waals surface area (Å²) in [5, 5.41) is 3.03. The van der Waals surface area contributed by atoms with E-state index in [0.717, 1.165) is 11.4 Å². The van der Waals surface area contributed by atoms with Gasteiger partial charge in [0.05, 0.1) is 11.9 Å². The summed E-state index contributed by atoms with van der Waals surface area (Å²) in [6.45, 7) is 4.07. The molecule has 0 aliphatic rings. The second kappa shape index (κ2) is 2.69. The maximum Gasteiger partial charge on any atom is 0.0527 e. The van der Waals surface area contributed by atoms with Gasteiger partial charge in [-0.3, -0.25) is 4.98 Å². The first kappa shape index (κ1) is 7.06. The molecule has 0 atom stereocenters. The van der Waals surface area contributed by atoms with E-state index in [1.807, 2.05) is 20.2 Å². The average molecular weight is 136 g/mol. The molecule has 1 heterocycles. The summed E-state index contributed by atoms with van der Waals surface area (Å²) in [6, 6.07) is 2.09. The zero-order valence-electron chi connectivity index (χ0n) is 6.60. The molecule has 0 spiro atoms. The highest BCUT2D eigenvalue weighted by Crippen LogP contribution is 2.09. The lowest BCUT2D eigenvalue weighted by atomic mass is 10.2. The third-order valence-electron chi connectivity index (χ3n) is 1.63. The SMILES string of the molecule is CNc1cnc(C)c(C)c1. The normalized spacial score (nSPS) is 9.50. The zero-order valence-corrected chi connectivity index (χ0v) is 6.60. The highest BCUT2D eigenvalue weighted by atomic mass is 14.8. The number of rotatable bonds is 1. The van der Waals surface area contributed by atoms with Crippen LogP contribution in [0, 0.1) is 13.8 Å². The Bertz CT molecular complexity index is 231. The fourth-order valence-electron chi connectivity index (χ4n) is 0.780. The van der Waals surface area contributed by atoms with Crippen molar-refractivity contribution in [3.8, 4) is 0 Å². The summed E-state index contributed by atoms with van der Waals surface area (Å²) in [7, 11) is 1.89. The van der Waals surface area contributed by atoms with E-state index in [1.54, 1.807) is 0 Å². The van der Waals surface area contributed by atoms with Crippen LogP contribution in [0.4, 0.5) is 5.69 Å². The van der Waals surface area contributed by atoms with Crippen molar-refractivity contribution in [3.05, 3.63) is 23.5 Å². The fraction of sp³-hybridized carbons (Fsp3) is 0.375. The van der Waals surface area contributed by atoms with Crippen LogP contribution in [0.5, 0.6) is 0 Å². The van der Waals surface area contributed by atoms with Gasteiger partial charge in [-0.2, -0.15) is 0 Å². The van der Waals surface area contributed by atoms with Gasteiger partial charge in [0.1, 0.15) is 0 Å². The maximum atomic E-state index is 4.19. The van der Waals surface area contributed by atoms with Crippen LogP contribution in [0.3, 0.4) is 0 Å². The standard InChI is InChI=1S/C8H12N2/c1-6-4-8(9-3)5-10-7(6)2/h4-5,9H,1-3H3. The Morgan fingerprint density at radius 2 is 2.10 bits per heavy atom. The Morgan fingerprint density at radius 1 is 1.40 bits per heavy atom. The van der Waals surface area contributed by atoms with Gasteiger partial charge < -0.3 is 5.32 Å². The minimum absolute atomic E-state index is 1.07. The van der Waals surface area contributed by atoms with Gasteiger partial charge in [-0.1, -0.05) is 0 Å². The Morgan fingerprint density at radius 3 is 2.60 bits per heavy atom. The quantitative estimate of drug-likeness (QED) is 0.636. The first-order chi connectivity index (χ1) is 4.74. The summed E-state index contributed by atoms with van der Waals surface area (Å²) in [6.07, 6.45) is 1.84. The van der Waals surface area contributed by atoms with E-state index in [9.17, 15) is 0 Å². The third kappa shape index (κ3) is 1.26. The van der Waals surface area contributed by atoms with E-state index in [2.05, 4.69) is 23.3 Å². The number of hydrogen-bond donors (Lipinski definition) is 1. The van der Waals surface area contributed by atoms with Crippen LogP contribution < -0.4 is 5.32 Å². The minimum atomic E-state index is 1.07. The Labute approximate surface area is 61.3 Å². The summed E-state index contributed by atoms with van der Waals surface area (Å²) >= 11 is 0. The van der Waals surface area contributed by atoms with Crippen molar-refractivity contribution < 1.29 is 0 Å². The van der Waals surface area contributed by atoms with E-state index >= 15 is 0 Å². The lowest BCUT2D eigenvalue weighted by Crippen LogP contribution is -1.92. The topological polar surface area (TPSA) is 24.9 Å². The molecule has 0 fully saturated rings. The average Bonchev–Trinajstić information content (AvgIpc) is 1.95. The molecule has 0 aliphatic carbocycles. The van der Waals surface area contributed by atoms with E-state index in [0.29, 0.717) is 0 Å². The van der Waals surface area contributed by atoms with Crippen molar-refractivity contribution in [2.75, 3.05) is 12.4 Å². The molecule has 10 heavy (non-hydrogen) atoms. The van der Waals surface area contributed by atoms with E-state index in [-0.39, 0.29) is 0 Å². The zero-order chi connectivity index (χ0) is 7.56. The number of hydrogen-bond acceptors (Lipinski definition) is 2. The predicted octanol–water partition coefficient (Wildman–Crippen LogP) is 1.74. The van der Waals surface area contributed by atoms with Crippen molar-refractivity contribution in [3.63, 3.8) is 0 Å². The van der Waals surface area contributed by atoms with Gasteiger partial charge in [-0.05, 0) is 25.5 Å². The lowest BCUT2D eigenvalue weighted by Gasteiger charge is -2.01. The molecule has 1 N–H and O–H groups in total. The van der Waals surface area contributed by atoms with E-state index in [4.69, 9.17) is 0 Å². The molecule has 0 saturated heterocycles. The van der Waals surface area contributed by atoms with Crippen molar-refractivity contribution >= 4 is 5.69 Å². The van der Waals surface area contributed by atoms with Crippen LogP contribution in [-0.2, 0) is 0 Å². The molecule has 0 bridgehead atoms. The smallest absolute Gasteiger partial charge is 0.0527 e. The summed E-state index contributed by atoms with van der Waals surface area (Å²) in [5.41, 5.74) is 3.40. The van der Waals surface area contributed by atoms with E-state index < -0.39 is 0 Å². The number of aryl methyl sites for hydroxylation is 2. The molecule has 1 rings (SSSR count). The molecule has 0 radical (unpaired) electrons. The minimum Gasteiger partial charge on any atom is -0.387 e. The molecule has 54 valence electrons. The molecule has 0 saturated carbocycles. The number of aromatic nitrogens is 1. The summed E-state index contributed by atoms with van der Waals surface area (Å²) < 4.78 is 0. The molecule has 0 amide bonds. The van der Waals surface area contributed by atoms with Crippen LogP contribution in [0.1, 0.15) is 11.3 Å².